The molecule has 0 saturated heterocycles. The van der Waals surface area contributed by atoms with Crippen molar-refractivity contribution in [2.75, 3.05) is 37.0 Å². The van der Waals surface area contributed by atoms with E-state index < -0.39 is 0 Å². The number of hydrogen-bond donors (Lipinski definition) is 0. The summed E-state index contributed by atoms with van der Waals surface area (Å²) in [6.45, 7) is 6.52. The summed E-state index contributed by atoms with van der Waals surface area (Å²) in [6, 6.07) is 21.6. The Hall–Kier alpha value is -3.05. The lowest BCUT2D eigenvalue weighted by atomic mass is 9.84. The summed E-state index contributed by atoms with van der Waals surface area (Å²) in [6.07, 6.45) is 4.65. The summed E-state index contributed by atoms with van der Waals surface area (Å²) in [5, 5.41) is 12.0. The SMILES string of the molecule is CCCCN(CCCC)c1ccc(C(c2ccc(N(C)C)cc2)c2cc([N+](=O)[O-])ccc2Cl)cc1. The predicted octanol–water partition coefficient (Wildman–Crippen LogP) is 7.90. The first kappa shape index (κ1) is 26.6. The zero-order chi connectivity index (χ0) is 25.4. The van der Waals surface area contributed by atoms with Crippen LogP contribution in [0.4, 0.5) is 17.1 Å². The zero-order valence-corrected chi connectivity index (χ0v) is 22.0. The second kappa shape index (κ2) is 12.6. The smallest absolute Gasteiger partial charge is 0.269 e. The van der Waals surface area contributed by atoms with Crippen LogP contribution in [0.1, 0.15) is 62.1 Å². The Morgan fingerprint density at radius 1 is 0.829 bits per heavy atom. The van der Waals surface area contributed by atoms with Crippen molar-refractivity contribution in [1.29, 1.82) is 0 Å². The largest absolute Gasteiger partial charge is 0.378 e. The van der Waals surface area contributed by atoms with Gasteiger partial charge in [0.25, 0.3) is 5.69 Å². The Balaban J connectivity index is 2.05. The molecule has 186 valence electrons. The van der Waals surface area contributed by atoms with Crippen LogP contribution in [0.3, 0.4) is 0 Å². The third kappa shape index (κ3) is 6.76. The Kier molecular flexibility index (Phi) is 9.55. The van der Waals surface area contributed by atoms with Crippen LogP contribution in [0.5, 0.6) is 0 Å². The molecule has 0 aliphatic rings. The second-order valence-electron chi connectivity index (χ2n) is 9.17. The van der Waals surface area contributed by atoms with E-state index in [0.717, 1.165) is 61.2 Å². The van der Waals surface area contributed by atoms with Crippen molar-refractivity contribution in [2.45, 2.75) is 45.4 Å². The minimum absolute atomic E-state index is 0.0428. The molecular weight excluding hydrogens is 458 g/mol. The van der Waals surface area contributed by atoms with Crippen LogP contribution in [-0.2, 0) is 0 Å². The molecule has 0 bridgehead atoms. The topological polar surface area (TPSA) is 49.6 Å². The van der Waals surface area contributed by atoms with Crippen LogP contribution >= 0.6 is 11.6 Å². The average molecular weight is 494 g/mol. The zero-order valence-electron chi connectivity index (χ0n) is 21.2. The Morgan fingerprint density at radius 2 is 1.34 bits per heavy atom. The molecule has 5 nitrogen and oxygen atoms in total. The molecule has 1 unspecified atom stereocenters. The number of halogens is 1. The van der Waals surface area contributed by atoms with Crippen molar-refractivity contribution in [1.82, 2.24) is 0 Å². The van der Waals surface area contributed by atoms with Gasteiger partial charge in [-0.1, -0.05) is 62.6 Å². The summed E-state index contributed by atoms with van der Waals surface area (Å²) in [5.41, 5.74) is 5.18. The molecule has 3 rings (SSSR count). The number of nitrogens with zero attached hydrogens (tertiary/aromatic N) is 3. The highest BCUT2D eigenvalue weighted by molar-refractivity contribution is 6.31. The summed E-state index contributed by atoms with van der Waals surface area (Å²) in [4.78, 5) is 15.7. The minimum Gasteiger partial charge on any atom is -0.378 e. The highest BCUT2D eigenvalue weighted by Gasteiger charge is 2.23. The van der Waals surface area contributed by atoms with Gasteiger partial charge >= 0.3 is 0 Å². The number of nitro groups is 1. The predicted molar refractivity (Wildman–Crippen MR) is 148 cm³/mol. The summed E-state index contributed by atoms with van der Waals surface area (Å²) in [5.74, 6) is -0.215. The van der Waals surface area contributed by atoms with Gasteiger partial charge in [0.1, 0.15) is 0 Å². The fraction of sp³-hybridized carbons (Fsp3) is 0.379. The van der Waals surface area contributed by atoms with E-state index in [1.165, 1.54) is 11.8 Å². The summed E-state index contributed by atoms with van der Waals surface area (Å²) >= 11 is 6.63. The van der Waals surface area contributed by atoms with E-state index in [-0.39, 0.29) is 16.5 Å². The van der Waals surface area contributed by atoms with E-state index in [1.54, 1.807) is 12.1 Å². The fourth-order valence-corrected chi connectivity index (χ4v) is 4.55. The number of unbranched alkanes of at least 4 members (excludes halogenated alkanes) is 2. The number of anilines is 2. The van der Waals surface area contributed by atoms with Crippen molar-refractivity contribution in [2.24, 2.45) is 0 Å². The van der Waals surface area contributed by atoms with E-state index in [0.29, 0.717) is 5.02 Å². The molecule has 6 heteroatoms. The van der Waals surface area contributed by atoms with E-state index >= 15 is 0 Å². The molecule has 0 aliphatic carbocycles. The molecule has 0 aromatic heterocycles. The van der Waals surface area contributed by atoms with E-state index in [9.17, 15) is 10.1 Å². The lowest BCUT2D eigenvalue weighted by Crippen LogP contribution is -2.25. The monoisotopic (exact) mass is 493 g/mol. The van der Waals surface area contributed by atoms with Crippen LogP contribution in [0.2, 0.25) is 5.02 Å². The molecule has 0 radical (unpaired) electrons. The number of nitro benzene ring substituents is 1. The molecule has 1 atom stereocenters. The molecule has 0 fully saturated rings. The third-order valence-electron chi connectivity index (χ3n) is 6.40. The van der Waals surface area contributed by atoms with Gasteiger partial charge in [0.05, 0.1) is 4.92 Å². The highest BCUT2D eigenvalue weighted by atomic mass is 35.5. The van der Waals surface area contributed by atoms with Gasteiger partial charge in [-0.3, -0.25) is 10.1 Å². The maximum atomic E-state index is 11.5. The van der Waals surface area contributed by atoms with Gasteiger partial charge in [0.15, 0.2) is 0 Å². The molecule has 0 aliphatic heterocycles. The average Bonchev–Trinajstić information content (AvgIpc) is 2.86. The summed E-state index contributed by atoms with van der Waals surface area (Å²) in [7, 11) is 4.01. The Labute approximate surface area is 214 Å². The first-order chi connectivity index (χ1) is 16.8. The molecule has 0 heterocycles. The molecule has 35 heavy (non-hydrogen) atoms. The number of benzene rings is 3. The highest BCUT2D eigenvalue weighted by Crippen LogP contribution is 2.39. The lowest BCUT2D eigenvalue weighted by molar-refractivity contribution is -0.384. The molecule has 0 saturated carbocycles. The molecule has 0 spiro atoms. The van der Waals surface area contributed by atoms with Crippen molar-refractivity contribution < 1.29 is 4.92 Å². The molecule has 3 aromatic carbocycles. The first-order valence-corrected chi connectivity index (χ1v) is 12.8. The maximum absolute atomic E-state index is 11.5. The number of hydrogen-bond acceptors (Lipinski definition) is 4. The van der Waals surface area contributed by atoms with Gasteiger partial charge in [-0.15, -0.1) is 0 Å². The quantitative estimate of drug-likeness (QED) is 0.146. The Morgan fingerprint density at radius 3 is 1.80 bits per heavy atom. The van der Waals surface area contributed by atoms with Crippen molar-refractivity contribution >= 4 is 28.7 Å². The lowest BCUT2D eigenvalue weighted by Gasteiger charge is -2.26. The second-order valence-corrected chi connectivity index (χ2v) is 9.57. The Bertz CT molecular complexity index is 1090. The molecule has 3 aromatic rings. The standard InChI is InChI=1S/C29H36ClN3O2/c1-5-7-19-32(20-8-6-2)25-15-11-23(12-16-25)29(22-9-13-24(14-10-22)31(3)4)27-21-26(33(34)35)17-18-28(27)30/h9-18,21,29H,5-8,19-20H2,1-4H3. The molecule has 0 N–H and O–H groups in total. The van der Waals surface area contributed by atoms with E-state index in [2.05, 4.69) is 72.2 Å². The van der Waals surface area contributed by atoms with Crippen LogP contribution < -0.4 is 9.80 Å². The molecule has 0 amide bonds. The minimum atomic E-state index is -0.367. The van der Waals surface area contributed by atoms with Crippen molar-refractivity contribution in [3.63, 3.8) is 0 Å². The number of rotatable bonds is 12. The van der Waals surface area contributed by atoms with Gasteiger partial charge < -0.3 is 9.80 Å². The van der Waals surface area contributed by atoms with Gasteiger partial charge in [-0.2, -0.15) is 0 Å². The van der Waals surface area contributed by atoms with Crippen LogP contribution in [0.15, 0.2) is 66.7 Å². The first-order valence-electron chi connectivity index (χ1n) is 12.4. The normalized spacial score (nSPS) is 11.8. The van der Waals surface area contributed by atoms with Crippen LogP contribution in [-0.4, -0.2) is 32.1 Å². The molecular formula is C29H36ClN3O2. The van der Waals surface area contributed by atoms with E-state index in [1.807, 2.05) is 14.1 Å². The fourth-order valence-electron chi connectivity index (χ4n) is 4.33. The summed E-state index contributed by atoms with van der Waals surface area (Å²) < 4.78 is 0. The van der Waals surface area contributed by atoms with Crippen LogP contribution in [0.25, 0.3) is 0 Å². The third-order valence-corrected chi connectivity index (χ3v) is 6.74. The van der Waals surface area contributed by atoms with Gasteiger partial charge in [-0.05, 0) is 59.9 Å². The van der Waals surface area contributed by atoms with Crippen molar-refractivity contribution in [3.8, 4) is 0 Å². The maximum Gasteiger partial charge on any atom is 0.269 e. The van der Waals surface area contributed by atoms with Crippen molar-refractivity contribution in [3.05, 3.63) is 98.6 Å². The number of non-ortho nitro benzene ring substituents is 1. The van der Waals surface area contributed by atoms with Gasteiger partial charge in [0.2, 0.25) is 0 Å². The van der Waals surface area contributed by atoms with Gasteiger partial charge in [0, 0.05) is 61.6 Å². The van der Waals surface area contributed by atoms with E-state index in [4.69, 9.17) is 11.6 Å². The van der Waals surface area contributed by atoms with Gasteiger partial charge in [-0.25, -0.2) is 0 Å². The van der Waals surface area contributed by atoms with Crippen LogP contribution in [0, 0.1) is 10.1 Å².